The zero-order valence-electron chi connectivity index (χ0n) is 20.1. The Morgan fingerprint density at radius 3 is 2.64 bits per heavy atom. The molecule has 1 atom stereocenters. The average molecular weight is 510 g/mol. The summed E-state index contributed by atoms with van der Waals surface area (Å²) in [4.78, 5) is 52.1. The Morgan fingerprint density at radius 1 is 1.11 bits per heavy atom. The zero-order valence-corrected chi connectivity index (χ0v) is 20.9. The Kier molecular flexibility index (Phi) is 7.59. The van der Waals surface area contributed by atoms with E-state index in [0.717, 1.165) is 40.0 Å². The first-order chi connectivity index (χ1) is 17.3. The van der Waals surface area contributed by atoms with E-state index < -0.39 is 29.7 Å². The van der Waals surface area contributed by atoms with Crippen LogP contribution >= 0.6 is 11.6 Å². The van der Waals surface area contributed by atoms with Gasteiger partial charge in [-0.2, -0.15) is 0 Å². The largest absolute Gasteiger partial charge is 0.383 e. The summed E-state index contributed by atoms with van der Waals surface area (Å²) in [6.07, 6.45) is 1.39. The molecule has 3 N–H and O–H groups in total. The Labute approximate surface area is 214 Å². The molecule has 188 valence electrons. The SMILES string of the molecule is CCN(CCNc1ccc(C)c(Cl)c1)c1cccc(NC2=CC(=O)N(C3CCC(=O)NC3=O)C2=O)c1. The molecule has 10 heteroatoms. The highest BCUT2D eigenvalue weighted by Gasteiger charge is 2.42. The molecule has 9 nitrogen and oxygen atoms in total. The number of imide groups is 2. The highest BCUT2D eigenvalue weighted by molar-refractivity contribution is 6.31. The van der Waals surface area contributed by atoms with Crippen LogP contribution in [0.15, 0.2) is 54.2 Å². The van der Waals surface area contributed by atoms with E-state index in [1.165, 1.54) is 6.08 Å². The quantitative estimate of drug-likeness (QED) is 0.445. The van der Waals surface area contributed by atoms with Crippen LogP contribution in [0.5, 0.6) is 0 Å². The molecule has 36 heavy (non-hydrogen) atoms. The lowest BCUT2D eigenvalue weighted by Crippen LogP contribution is -2.54. The fraction of sp³-hybridized carbons (Fsp3) is 0.308. The van der Waals surface area contributed by atoms with Gasteiger partial charge in [0.05, 0.1) is 0 Å². The fourth-order valence-corrected chi connectivity index (χ4v) is 4.42. The second-order valence-electron chi connectivity index (χ2n) is 8.68. The third-order valence-electron chi connectivity index (χ3n) is 6.23. The Bertz CT molecular complexity index is 1240. The number of nitrogens with one attached hydrogen (secondary N) is 3. The van der Waals surface area contributed by atoms with Crippen LogP contribution in [0.25, 0.3) is 0 Å². The van der Waals surface area contributed by atoms with Crippen molar-refractivity contribution in [3.63, 3.8) is 0 Å². The van der Waals surface area contributed by atoms with Crippen molar-refractivity contribution in [1.82, 2.24) is 10.2 Å². The van der Waals surface area contributed by atoms with Gasteiger partial charge in [0.15, 0.2) is 0 Å². The molecule has 2 aromatic rings. The van der Waals surface area contributed by atoms with Crippen molar-refractivity contribution in [1.29, 1.82) is 0 Å². The molecule has 0 radical (unpaired) electrons. The van der Waals surface area contributed by atoms with Gasteiger partial charge in [-0.15, -0.1) is 0 Å². The Balaban J connectivity index is 1.39. The first kappa shape index (κ1) is 25.2. The van der Waals surface area contributed by atoms with Crippen LogP contribution in [0.2, 0.25) is 5.02 Å². The summed E-state index contributed by atoms with van der Waals surface area (Å²) in [5.41, 5.74) is 3.66. The van der Waals surface area contributed by atoms with Crippen molar-refractivity contribution in [2.75, 3.05) is 35.2 Å². The number of halogens is 1. The van der Waals surface area contributed by atoms with Crippen LogP contribution in [0.3, 0.4) is 0 Å². The van der Waals surface area contributed by atoms with Gasteiger partial charge in [0.25, 0.3) is 11.8 Å². The number of rotatable bonds is 9. The maximum Gasteiger partial charge on any atom is 0.278 e. The standard InChI is InChI=1S/C26H28ClN5O4/c1-3-31(12-11-28-17-8-7-16(2)20(27)14-17)19-6-4-5-18(13-19)29-21-15-24(34)32(26(21)36)22-9-10-23(33)30-25(22)35/h4-8,13-15,22,28-29H,3,9-12H2,1-2H3,(H,30,33,35). The number of carbonyl (C=O) groups is 4. The number of amides is 4. The third-order valence-corrected chi connectivity index (χ3v) is 6.64. The molecule has 1 unspecified atom stereocenters. The molecule has 4 rings (SSSR count). The fourth-order valence-electron chi connectivity index (χ4n) is 4.24. The zero-order chi connectivity index (χ0) is 25.8. The number of likely N-dealkylation sites (N-methyl/N-ethyl adjacent to an activating group) is 1. The number of anilines is 3. The van der Waals surface area contributed by atoms with Crippen LogP contribution < -0.4 is 20.9 Å². The summed E-state index contributed by atoms with van der Waals surface area (Å²) < 4.78 is 0. The van der Waals surface area contributed by atoms with Crippen molar-refractivity contribution in [3.05, 3.63) is 64.8 Å². The average Bonchev–Trinajstić information content (AvgIpc) is 3.12. The molecule has 0 aromatic heterocycles. The van der Waals surface area contributed by atoms with Gasteiger partial charge in [0.1, 0.15) is 11.7 Å². The molecule has 0 aliphatic carbocycles. The van der Waals surface area contributed by atoms with Crippen LogP contribution in [-0.4, -0.2) is 54.2 Å². The number of benzene rings is 2. The molecule has 0 saturated carbocycles. The van der Waals surface area contributed by atoms with E-state index in [1.807, 2.05) is 43.3 Å². The number of hydrogen-bond acceptors (Lipinski definition) is 7. The molecule has 0 bridgehead atoms. The van der Waals surface area contributed by atoms with Crippen LogP contribution in [0, 0.1) is 6.92 Å². The topological polar surface area (TPSA) is 111 Å². The van der Waals surface area contributed by atoms with E-state index in [1.54, 1.807) is 6.07 Å². The van der Waals surface area contributed by atoms with E-state index in [2.05, 4.69) is 27.8 Å². The smallest absolute Gasteiger partial charge is 0.278 e. The Hall–Kier alpha value is -3.85. The summed E-state index contributed by atoms with van der Waals surface area (Å²) >= 11 is 6.21. The molecule has 1 saturated heterocycles. The normalized spacial score (nSPS) is 17.7. The highest BCUT2D eigenvalue weighted by atomic mass is 35.5. The van der Waals surface area contributed by atoms with Crippen LogP contribution in [0.1, 0.15) is 25.3 Å². The van der Waals surface area contributed by atoms with E-state index in [-0.39, 0.29) is 18.5 Å². The number of piperidine rings is 1. The minimum absolute atomic E-state index is 0.0803. The first-order valence-corrected chi connectivity index (χ1v) is 12.2. The van der Waals surface area contributed by atoms with E-state index in [9.17, 15) is 19.2 Å². The molecule has 2 aliphatic heterocycles. The molecular formula is C26H28ClN5O4. The Morgan fingerprint density at radius 2 is 1.92 bits per heavy atom. The van der Waals surface area contributed by atoms with Crippen LogP contribution in [-0.2, 0) is 19.2 Å². The molecule has 0 spiro atoms. The van der Waals surface area contributed by atoms with Gasteiger partial charge < -0.3 is 15.5 Å². The lowest BCUT2D eigenvalue weighted by molar-refractivity contribution is -0.149. The van der Waals surface area contributed by atoms with Gasteiger partial charge in [0, 0.05) is 54.2 Å². The van der Waals surface area contributed by atoms with Crippen molar-refractivity contribution in [2.24, 2.45) is 0 Å². The lowest BCUT2D eigenvalue weighted by atomic mass is 10.0. The third kappa shape index (κ3) is 5.52. The molecule has 2 aliphatic rings. The van der Waals surface area contributed by atoms with E-state index >= 15 is 0 Å². The number of nitrogens with zero attached hydrogens (tertiary/aromatic N) is 2. The predicted molar refractivity (Wildman–Crippen MR) is 139 cm³/mol. The van der Waals surface area contributed by atoms with Crippen molar-refractivity contribution in [3.8, 4) is 0 Å². The summed E-state index contributed by atoms with van der Waals surface area (Å²) in [7, 11) is 0. The maximum absolute atomic E-state index is 12.9. The molecule has 2 heterocycles. The molecule has 1 fully saturated rings. The summed E-state index contributed by atoms with van der Waals surface area (Å²) in [5.74, 6) is -2.21. The second-order valence-corrected chi connectivity index (χ2v) is 9.09. The monoisotopic (exact) mass is 509 g/mol. The first-order valence-electron chi connectivity index (χ1n) is 11.8. The number of aryl methyl sites for hydroxylation is 1. The van der Waals surface area contributed by atoms with Crippen LogP contribution in [0.4, 0.5) is 17.1 Å². The lowest BCUT2D eigenvalue weighted by Gasteiger charge is -2.28. The highest BCUT2D eigenvalue weighted by Crippen LogP contribution is 2.25. The predicted octanol–water partition coefficient (Wildman–Crippen LogP) is 3.06. The van der Waals surface area contributed by atoms with Gasteiger partial charge in [-0.3, -0.25) is 29.4 Å². The van der Waals surface area contributed by atoms with Crippen molar-refractivity contribution < 1.29 is 19.2 Å². The second kappa shape index (κ2) is 10.8. The van der Waals surface area contributed by atoms with E-state index in [4.69, 9.17) is 11.6 Å². The number of hydrogen-bond donors (Lipinski definition) is 3. The minimum atomic E-state index is -0.990. The van der Waals surface area contributed by atoms with E-state index in [0.29, 0.717) is 12.2 Å². The summed E-state index contributed by atoms with van der Waals surface area (Å²) in [6, 6.07) is 12.4. The van der Waals surface area contributed by atoms with Gasteiger partial charge in [0.2, 0.25) is 11.8 Å². The van der Waals surface area contributed by atoms with Crippen molar-refractivity contribution in [2.45, 2.75) is 32.7 Å². The van der Waals surface area contributed by atoms with Gasteiger partial charge in [-0.05, 0) is 56.2 Å². The van der Waals surface area contributed by atoms with Gasteiger partial charge >= 0.3 is 0 Å². The molecular weight excluding hydrogens is 482 g/mol. The number of carbonyl (C=O) groups excluding carboxylic acids is 4. The molecule has 2 aromatic carbocycles. The molecule has 4 amide bonds. The maximum atomic E-state index is 12.9. The summed E-state index contributed by atoms with van der Waals surface area (Å²) in [5, 5.41) is 9.31. The van der Waals surface area contributed by atoms with Gasteiger partial charge in [-0.1, -0.05) is 23.7 Å². The minimum Gasteiger partial charge on any atom is -0.383 e. The summed E-state index contributed by atoms with van der Waals surface area (Å²) in [6.45, 7) is 6.22. The van der Waals surface area contributed by atoms with Crippen molar-refractivity contribution >= 4 is 52.3 Å². The van der Waals surface area contributed by atoms with Gasteiger partial charge in [-0.25, -0.2) is 0 Å².